The predicted molar refractivity (Wildman–Crippen MR) is 76.2 cm³/mol. The second-order valence-corrected chi connectivity index (χ2v) is 5.48. The van der Waals surface area contributed by atoms with Gasteiger partial charge in [-0.25, -0.2) is 0 Å². The monoisotopic (exact) mass is 266 g/mol. The minimum atomic E-state index is 0.322. The van der Waals surface area contributed by atoms with Gasteiger partial charge in [0.1, 0.15) is 0 Å². The standard InChI is InChI=1S/C14H26N4O/c1-12(2)18-8-9-19-14(11-18)10-15-6-4-13-5-7-16-17(13)3/h5,7,12,14-15H,4,6,8-11H2,1-3H3. The quantitative estimate of drug-likeness (QED) is 0.768. The van der Waals surface area contributed by atoms with Crippen LogP contribution in [0.2, 0.25) is 0 Å². The van der Waals surface area contributed by atoms with Crippen LogP contribution in [-0.4, -0.2) is 59.6 Å². The van der Waals surface area contributed by atoms with Crippen molar-refractivity contribution in [3.8, 4) is 0 Å². The molecule has 1 aromatic rings. The van der Waals surface area contributed by atoms with Crippen molar-refractivity contribution in [1.29, 1.82) is 0 Å². The summed E-state index contributed by atoms with van der Waals surface area (Å²) in [4.78, 5) is 2.48. The highest BCUT2D eigenvalue weighted by Crippen LogP contribution is 2.08. The van der Waals surface area contributed by atoms with E-state index in [-0.39, 0.29) is 0 Å². The molecule has 1 saturated heterocycles. The van der Waals surface area contributed by atoms with Gasteiger partial charge in [-0.2, -0.15) is 5.10 Å². The minimum Gasteiger partial charge on any atom is -0.374 e. The third-order valence-electron chi connectivity index (χ3n) is 3.75. The van der Waals surface area contributed by atoms with Crippen LogP contribution in [0, 0.1) is 0 Å². The van der Waals surface area contributed by atoms with Gasteiger partial charge in [-0.1, -0.05) is 0 Å². The molecule has 5 nitrogen and oxygen atoms in total. The van der Waals surface area contributed by atoms with Gasteiger partial charge in [-0.15, -0.1) is 0 Å². The van der Waals surface area contributed by atoms with Gasteiger partial charge in [0, 0.05) is 57.6 Å². The molecular formula is C14H26N4O. The number of rotatable bonds is 6. The summed E-state index contributed by atoms with van der Waals surface area (Å²) in [6.07, 6.45) is 3.18. The Bertz CT molecular complexity index is 377. The molecule has 108 valence electrons. The van der Waals surface area contributed by atoms with Crippen LogP contribution in [0.1, 0.15) is 19.5 Å². The molecule has 2 heterocycles. The molecule has 1 fully saturated rings. The zero-order chi connectivity index (χ0) is 13.7. The molecule has 1 aromatic heterocycles. The Labute approximate surface area is 115 Å². The number of aryl methyl sites for hydroxylation is 1. The highest BCUT2D eigenvalue weighted by molar-refractivity contribution is 5.00. The molecule has 0 saturated carbocycles. The molecule has 19 heavy (non-hydrogen) atoms. The van der Waals surface area contributed by atoms with E-state index in [1.165, 1.54) is 5.69 Å². The first-order valence-corrected chi connectivity index (χ1v) is 7.20. The summed E-state index contributed by atoms with van der Waals surface area (Å²) in [6, 6.07) is 2.68. The van der Waals surface area contributed by atoms with Crippen LogP contribution < -0.4 is 5.32 Å². The van der Waals surface area contributed by atoms with Crippen LogP contribution in [0.4, 0.5) is 0 Å². The molecule has 5 heteroatoms. The van der Waals surface area contributed by atoms with Crippen molar-refractivity contribution in [3.63, 3.8) is 0 Å². The number of hydrogen-bond donors (Lipinski definition) is 1. The summed E-state index contributed by atoms with van der Waals surface area (Å²) in [5.74, 6) is 0. The molecule has 0 aliphatic carbocycles. The van der Waals surface area contributed by atoms with Crippen LogP contribution in [0.5, 0.6) is 0 Å². The second kappa shape index (κ2) is 7.03. The van der Waals surface area contributed by atoms with E-state index in [2.05, 4.69) is 35.2 Å². The number of nitrogens with zero attached hydrogens (tertiary/aromatic N) is 3. The summed E-state index contributed by atoms with van der Waals surface area (Å²) in [7, 11) is 1.99. The predicted octanol–water partition coefficient (Wildman–Crippen LogP) is 0.661. The lowest BCUT2D eigenvalue weighted by Gasteiger charge is -2.35. The molecule has 0 radical (unpaired) electrons. The third-order valence-corrected chi connectivity index (χ3v) is 3.75. The maximum Gasteiger partial charge on any atom is 0.0826 e. The summed E-state index contributed by atoms with van der Waals surface area (Å²) in [6.45, 7) is 9.35. The number of hydrogen-bond acceptors (Lipinski definition) is 4. The minimum absolute atomic E-state index is 0.322. The normalized spacial score (nSPS) is 21.2. The van der Waals surface area contributed by atoms with Gasteiger partial charge in [-0.3, -0.25) is 9.58 Å². The maximum atomic E-state index is 5.80. The molecule has 0 bridgehead atoms. The lowest BCUT2D eigenvalue weighted by atomic mass is 10.2. The highest BCUT2D eigenvalue weighted by Gasteiger charge is 2.21. The zero-order valence-electron chi connectivity index (χ0n) is 12.3. The van der Waals surface area contributed by atoms with Crippen molar-refractivity contribution in [2.24, 2.45) is 7.05 Å². The van der Waals surface area contributed by atoms with Crippen LogP contribution in [0.3, 0.4) is 0 Å². The number of morpholine rings is 1. The molecule has 1 aliphatic heterocycles. The number of ether oxygens (including phenoxy) is 1. The Hall–Kier alpha value is -0.910. The van der Waals surface area contributed by atoms with Crippen LogP contribution in [0.15, 0.2) is 12.3 Å². The van der Waals surface area contributed by atoms with E-state index < -0.39 is 0 Å². The van der Waals surface area contributed by atoms with E-state index in [1.807, 2.05) is 17.9 Å². The van der Waals surface area contributed by atoms with Gasteiger partial charge in [0.15, 0.2) is 0 Å². The van der Waals surface area contributed by atoms with Crippen molar-refractivity contribution in [3.05, 3.63) is 18.0 Å². The van der Waals surface area contributed by atoms with E-state index in [9.17, 15) is 0 Å². The van der Waals surface area contributed by atoms with E-state index in [4.69, 9.17) is 4.74 Å². The van der Waals surface area contributed by atoms with Crippen LogP contribution >= 0.6 is 0 Å². The molecule has 1 N–H and O–H groups in total. The first-order chi connectivity index (χ1) is 9.16. The van der Waals surface area contributed by atoms with Gasteiger partial charge < -0.3 is 10.1 Å². The first-order valence-electron chi connectivity index (χ1n) is 7.20. The van der Waals surface area contributed by atoms with E-state index in [0.717, 1.165) is 39.2 Å². The number of nitrogens with one attached hydrogen (secondary N) is 1. The molecule has 1 aliphatic rings. The van der Waals surface area contributed by atoms with Crippen molar-refractivity contribution in [1.82, 2.24) is 20.0 Å². The highest BCUT2D eigenvalue weighted by atomic mass is 16.5. The van der Waals surface area contributed by atoms with Crippen molar-refractivity contribution >= 4 is 0 Å². The third kappa shape index (κ3) is 4.30. The van der Waals surface area contributed by atoms with Gasteiger partial charge >= 0.3 is 0 Å². The van der Waals surface area contributed by atoms with Gasteiger partial charge in [-0.05, 0) is 19.9 Å². The Morgan fingerprint density at radius 1 is 1.53 bits per heavy atom. The Morgan fingerprint density at radius 3 is 3.05 bits per heavy atom. The Morgan fingerprint density at radius 2 is 2.37 bits per heavy atom. The van der Waals surface area contributed by atoms with Crippen LogP contribution in [-0.2, 0) is 18.2 Å². The van der Waals surface area contributed by atoms with Gasteiger partial charge in [0.05, 0.1) is 12.7 Å². The molecular weight excluding hydrogens is 240 g/mol. The number of aromatic nitrogens is 2. The molecule has 1 atom stereocenters. The first kappa shape index (κ1) is 14.5. The topological polar surface area (TPSA) is 42.3 Å². The summed E-state index contributed by atoms with van der Waals surface area (Å²) in [5.41, 5.74) is 1.26. The lowest BCUT2D eigenvalue weighted by molar-refractivity contribution is -0.0370. The Balaban J connectivity index is 1.64. The van der Waals surface area contributed by atoms with Gasteiger partial charge in [0.2, 0.25) is 0 Å². The summed E-state index contributed by atoms with van der Waals surface area (Å²) >= 11 is 0. The molecule has 0 spiro atoms. The van der Waals surface area contributed by atoms with E-state index in [0.29, 0.717) is 12.1 Å². The Kier molecular flexibility index (Phi) is 5.36. The van der Waals surface area contributed by atoms with Crippen LogP contribution in [0.25, 0.3) is 0 Å². The van der Waals surface area contributed by atoms with E-state index in [1.54, 1.807) is 0 Å². The maximum absolute atomic E-state index is 5.80. The SMILES string of the molecule is CC(C)N1CCOC(CNCCc2ccnn2C)C1. The fraction of sp³-hybridized carbons (Fsp3) is 0.786. The average molecular weight is 266 g/mol. The zero-order valence-corrected chi connectivity index (χ0v) is 12.3. The lowest BCUT2D eigenvalue weighted by Crippen LogP contribution is -2.49. The molecule has 0 amide bonds. The van der Waals surface area contributed by atoms with E-state index >= 15 is 0 Å². The van der Waals surface area contributed by atoms with Crippen molar-refractivity contribution < 1.29 is 4.74 Å². The molecule has 0 aromatic carbocycles. The summed E-state index contributed by atoms with van der Waals surface area (Å²) < 4.78 is 7.73. The second-order valence-electron chi connectivity index (χ2n) is 5.48. The smallest absolute Gasteiger partial charge is 0.0826 e. The average Bonchev–Trinajstić information content (AvgIpc) is 2.81. The largest absolute Gasteiger partial charge is 0.374 e. The fourth-order valence-electron chi connectivity index (χ4n) is 2.46. The van der Waals surface area contributed by atoms with Crippen molar-refractivity contribution in [2.75, 3.05) is 32.8 Å². The van der Waals surface area contributed by atoms with Gasteiger partial charge in [0.25, 0.3) is 0 Å². The summed E-state index contributed by atoms with van der Waals surface area (Å²) in [5, 5.41) is 7.66. The molecule has 1 unspecified atom stereocenters. The molecule has 2 rings (SSSR count). The van der Waals surface area contributed by atoms with Crippen molar-refractivity contribution in [2.45, 2.75) is 32.4 Å². The fourth-order valence-corrected chi connectivity index (χ4v) is 2.46.